The van der Waals surface area contributed by atoms with Crippen LogP contribution in [-0.4, -0.2) is 34.5 Å². The first kappa shape index (κ1) is 17.0. The number of ketones is 1. The van der Waals surface area contributed by atoms with E-state index in [1.54, 1.807) is 4.90 Å². The Morgan fingerprint density at radius 3 is 2.45 bits per heavy atom. The second-order valence-electron chi connectivity index (χ2n) is 6.75. The van der Waals surface area contributed by atoms with E-state index in [1.165, 1.54) is 0 Å². The number of piperidine rings is 1. The van der Waals surface area contributed by atoms with E-state index < -0.39 is 5.60 Å². The summed E-state index contributed by atoms with van der Waals surface area (Å²) >= 11 is 0. The van der Waals surface area contributed by atoms with E-state index in [1.807, 2.05) is 27.7 Å². The summed E-state index contributed by atoms with van der Waals surface area (Å²) in [6.07, 6.45) is 4.82. The van der Waals surface area contributed by atoms with E-state index in [0.717, 1.165) is 32.1 Å². The average molecular weight is 283 g/mol. The molecule has 1 aliphatic heterocycles. The summed E-state index contributed by atoms with van der Waals surface area (Å²) in [4.78, 5) is 26.4. The number of carbonyl (C=O) groups is 2. The highest BCUT2D eigenvalue weighted by Gasteiger charge is 2.37. The lowest BCUT2D eigenvalue weighted by Gasteiger charge is -2.40. The Labute approximate surface area is 122 Å². The maximum absolute atomic E-state index is 12.4. The van der Waals surface area contributed by atoms with Crippen molar-refractivity contribution < 1.29 is 14.3 Å². The molecule has 116 valence electrons. The zero-order chi connectivity index (χ0) is 15.3. The number of amides is 1. The number of likely N-dealkylation sites (tertiary alicyclic amines) is 1. The molecule has 1 fully saturated rings. The Bertz CT molecular complexity index is 346. The molecular formula is C16H29NO3. The second kappa shape index (κ2) is 7.09. The molecule has 0 spiro atoms. The molecule has 0 aromatic rings. The minimum atomic E-state index is -0.523. The van der Waals surface area contributed by atoms with E-state index in [2.05, 4.69) is 6.92 Å². The Morgan fingerprint density at radius 2 is 1.90 bits per heavy atom. The number of hydrogen-bond donors (Lipinski definition) is 0. The van der Waals surface area contributed by atoms with E-state index in [-0.39, 0.29) is 24.0 Å². The number of rotatable bonds is 4. The molecule has 4 heteroatoms. The Hall–Kier alpha value is -1.06. The minimum Gasteiger partial charge on any atom is -0.444 e. The third-order valence-electron chi connectivity index (χ3n) is 3.66. The molecule has 1 heterocycles. The van der Waals surface area contributed by atoms with Gasteiger partial charge in [-0.2, -0.15) is 0 Å². The van der Waals surface area contributed by atoms with Gasteiger partial charge in [0.05, 0.1) is 6.04 Å². The van der Waals surface area contributed by atoms with Gasteiger partial charge < -0.3 is 4.74 Å². The first-order valence-electron chi connectivity index (χ1n) is 7.80. The van der Waals surface area contributed by atoms with Crippen LogP contribution in [0.5, 0.6) is 0 Å². The number of Topliss-reactive ketones (excluding diaryl/α,β-unsaturated/α-hetero) is 1. The molecule has 0 unspecified atom stereocenters. The summed E-state index contributed by atoms with van der Waals surface area (Å²) < 4.78 is 5.47. The maximum atomic E-state index is 12.4. The fourth-order valence-electron chi connectivity index (χ4n) is 2.65. The highest BCUT2D eigenvalue weighted by molar-refractivity contribution is 5.87. The van der Waals surface area contributed by atoms with Crippen molar-refractivity contribution in [3.05, 3.63) is 0 Å². The minimum absolute atomic E-state index is 0.0779. The highest BCUT2D eigenvalue weighted by Crippen LogP contribution is 2.26. The van der Waals surface area contributed by atoms with Gasteiger partial charge in [-0.05, 0) is 53.4 Å². The zero-order valence-electron chi connectivity index (χ0n) is 13.6. The molecule has 1 rings (SSSR count). The van der Waals surface area contributed by atoms with Crippen molar-refractivity contribution in [3.63, 3.8) is 0 Å². The molecule has 1 amide bonds. The fourth-order valence-corrected chi connectivity index (χ4v) is 2.65. The Morgan fingerprint density at radius 1 is 1.25 bits per heavy atom. The van der Waals surface area contributed by atoms with Crippen LogP contribution in [0, 0.1) is 0 Å². The summed E-state index contributed by atoms with van der Waals surface area (Å²) in [7, 11) is 0. The van der Waals surface area contributed by atoms with Gasteiger partial charge >= 0.3 is 6.09 Å². The molecular weight excluding hydrogens is 254 g/mol. The highest BCUT2D eigenvalue weighted by atomic mass is 16.6. The topological polar surface area (TPSA) is 46.6 Å². The van der Waals surface area contributed by atoms with Crippen LogP contribution in [0.2, 0.25) is 0 Å². The number of hydrogen-bond acceptors (Lipinski definition) is 3. The molecule has 0 aromatic heterocycles. The predicted molar refractivity (Wildman–Crippen MR) is 79.7 cm³/mol. The van der Waals surface area contributed by atoms with E-state index in [4.69, 9.17) is 4.74 Å². The summed E-state index contributed by atoms with van der Waals surface area (Å²) in [5.74, 6) is 0.184. The second-order valence-corrected chi connectivity index (χ2v) is 6.75. The standard InChI is InChI=1S/C16H29NO3/c1-6-7-11-14(18)13-10-8-9-12(2)17(13)15(19)20-16(3,4)5/h12-13H,6-11H2,1-5H3/t12-,13+/m0/s1. The van der Waals surface area contributed by atoms with Crippen molar-refractivity contribution in [2.75, 3.05) is 0 Å². The van der Waals surface area contributed by atoms with Crippen molar-refractivity contribution in [1.29, 1.82) is 0 Å². The normalized spacial score (nSPS) is 23.6. The molecule has 1 saturated heterocycles. The van der Waals surface area contributed by atoms with Crippen molar-refractivity contribution in [2.24, 2.45) is 0 Å². The summed E-state index contributed by atoms with van der Waals surface area (Å²) in [6.45, 7) is 9.64. The van der Waals surface area contributed by atoms with Crippen LogP contribution < -0.4 is 0 Å². The first-order valence-corrected chi connectivity index (χ1v) is 7.80. The molecule has 0 aromatic carbocycles. The summed E-state index contributed by atoms with van der Waals surface area (Å²) in [5.41, 5.74) is -0.523. The number of nitrogens with zero attached hydrogens (tertiary/aromatic N) is 1. The van der Waals surface area contributed by atoms with Crippen molar-refractivity contribution >= 4 is 11.9 Å². The molecule has 1 aliphatic rings. The van der Waals surface area contributed by atoms with Crippen molar-refractivity contribution in [1.82, 2.24) is 4.90 Å². The molecule has 0 saturated carbocycles. The lowest BCUT2D eigenvalue weighted by atomic mass is 9.92. The average Bonchev–Trinajstić information content (AvgIpc) is 2.33. The molecule has 0 radical (unpaired) electrons. The maximum Gasteiger partial charge on any atom is 0.411 e. The fraction of sp³-hybridized carbons (Fsp3) is 0.875. The van der Waals surface area contributed by atoms with Gasteiger partial charge in [0.2, 0.25) is 0 Å². The van der Waals surface area contributed by atoms with Gasteiger partial charge in [-0.25, -0.2) is 4.79 Å². The number of carbonyl (C=O) groups excluding carboxylic acids is 2. The molecule has 4 nitrogen and oxygen atoms in total. The zero-order valence-corrected chi connectivity index (χ0v) is 13.6. The molecule has 0 bridgehead atoms. The van der Waals surface area contributed by atoms with Gasteiger partial charge in [0, 0.05) is 12.5 Å². The third-order valence-corrected chi connectivity index (χ3v) is 3.66. The van der Waals surface area contributed by atoms with Gasteiger partial charge in [-0.15, -0.1) is 0 Å². The SMILES string of the molecule is CCCCC(=O)[C@H]1CCC[C@H](C)N1C(=O)OC(C)(C)C. The van der Waals surface area contributed by atoms with Crippen LogP contribution in [0.25, 0.3) is 0 Å². The number of unbranched alkanes of at least 4 members (excludes halogenated alkanes) is 1. The van der Waals surface area contributed by atoms with Gasteiger partial charge in [-0.1, -0.05) is 13.3 Å². The van der Waals surface area contributed by atoms with Crippen molar-refractivity contribution in [3.8, 4) is 0 Å². The van der Waals surface area contributed by atoms with Crippen LogP contribution in [-0.2, 0) is 9.53 Å². The summed E-state index contributed by atoms with van der Waals surface area (Å²) in [6, 6.07) is -0.214. The largest absolute Gasteiger partial charge is 0.444 e. The molecule has 20 heavy (non-hydrogen) atoms. The van der Waals surface area contributed by atoms with Crippen molar-refractivity contribution in [2.45, 2.75) is 90.8 Å². The lowest BCUT2D eigenvalue weighted by Crippen LogP contribution is -2.53. The van der Waals surface area contributed by atoms with Gasteiger partial charge in [0.25, 0.3) is 0 Å². The van der Waals surface area contributed by atoms with Crippen LogP contribution in [0.1, 0.15) is 73.1 Å². The van der Waals surface area contributed by atoms with Crippen LogP contribution in [0.15, 0.2) is 0 Å². The molecule has 0 N–H and O–H groups in total. The number of ether oxygens (including phenoxy) is 1. The predicted octanol–water partition coefficient (Wildman–Crippen LogP) is 3.92. The summed E-state index contributed by atoms with van der Waals surface area (Å²) in [5, 5.41) is 0. The lowest BCUT2D eigenvalue weighted by molar-refractivity contribution is -0.126. The first-order chi connectivity index (χ1) is 9.26. The van der Waals surface area contributed by atoms with E-state index >= 15 is 0 Å². The smallest absolute Gasteiger partial charge is 0.411 e. The molecule has 2 atom stereocenters. The van der Waals surface area contributed by atoms with Crippen LogP contribution in [0.3, 0.4) is 0 Å². The Balaban J connectivity index is 2.79. The van der Waals surface area contributed by atoms with Gasteiger partial charge in [0.15, 0.2) is 5.78 Å². The quantitative estimate of drug-likeness (QED) is 0.785. The monoisotopic (exact) mass is 283 g/mol. The van der Waals surface area contributed by atoms with Gasteiger partial charge in [-0.3, -0.25) is 9.69 Å². The Kier molecular flexibility index (Phi) is 6.03. The molecule has 0 aliphatic carbocycles. The van der Waals surface area contributed by atoms with Gasteiger partial charge in [0.1, 0.15) is 5.60 Å². The van der Waals surface area contributed by atoms with Crippen LogP contribution >= 0.6 is 0 Å². The third kappa shape index (κ3) is 4.80. The van der Waals surface area contributed by atoms with E-state index in [9.17, 15) is 9.59 Å². The van der Waals surface area contributed by atoms with Crippen LogP contribution in [0.4, 0.5) is 4.79 Å². The van der Waals surface area contributed by atoms with E-state index in [0.29, 0.717) is 6.42 Å².